The van der Waals surface area contributed by atoms with Gasteiger partial charge in [0.2, 0.25) is 0 Å². The number of rotatable bonds is 12. The normalized spacial score (nSPS) is 10.6. The molecule has 0 aromatic carbocycles. The van der Waals surface area contributed by atoms with Crippen molar-refractivity contribution in [3.05, 3.63) is 0 Å². The zero-order valence-electron chi connectivity index (χ0n) is 11.4. The molecule has 3 nitrogen and oxygen atoms in total. The van der Waals surface area contributed by atoms with Gasteiger partial charge in [0.25, 0.3) is 0 Å². The van der Waals surface area contributed by atoms with Crippen LogP contribution in [0.25, 0.3) is 0 Å². The van der Waals surface area contributed by atoms with E-state index in [1.165, 1.54) is 0 Å². The molecule has 0 aromatic heterocycles. The Kier molecular flexibility index (Phi) is 19.9. The third kappa shape index (κ3) is 14.7. The summed E-state index contributed by atoms with van der Waals surface area (Å²) in [6.45, 7) is 8.71. The largest absolute Gasteiger partial charge is 0.332 e. The summed E-state index contributed by atoms with van der Waals surface area (Å²) in [5.41, 5.74) is 0. The molecule has 108 valence electrons. The first-order chi connectivity index (χ1) is 7.85. The van der Waals surface area contributed by atoms with Crippen LogP contribution in [-0.4, -0.2) is 19.8 Å². The van der Waals surface area contributed by atoms with Gasteiger partial charge in [-0.3, -0.25) is 0 Å². The molecule has 0 aliphatic heterocycles. The van der Waals surface area contributed by atoms with Crippen molar-refractivity contribution < 1.29 is 30.1 Å². The minimum Gasteiger partial charge on any atom is -0.312 e. The van der Waals surface area contributed by atoms with E-state index in [0.29, 0.717) is 0 Å². The number of hydrogen-bond acceptors (Lipinski definition) is 3. The van der Waals surface area contributed by atoms with Crippen LogP contribution in [0.1, 0.15) is 59.3 Å². The summed E-state index contributed by atoms with van der Waals surface area (Å²) in [5, 5.41) is 0. The van der Waals surface area contributed by atoms with E-state index >= 15 is 0 Å². The van der Waals surface area contributed by atoms with Crippen LogP contribution in [0.4, 0.5) is 0 Å². The van der Waals surface area contributed by atoms with Crippen molar-refractivity contribution in [1.29, 1.82) is 0 Å². The van der Waals surface area contributed by atoms with Gasteiger partial charge in [-0.25, -0.2) is 0 Å². The molecule has 0 aliphatic carbocycles. The van der Waals surface area contributed by atoms with Crippen molar-refractivity contribution >= 4 is 8.60 Å². The van der Waals surface area contributed by atoms with Crippen molar-refractivity contribution in [2.45, 2.75) is 59.3 Å². The molecule has 0 amide bonds. The summed E-state index contributed by atoms with van der Waals surface area (Å²) in [5.74, 6) is 0. The van der Waals surface area contributed by atoms with Crippen molar-refractivity contribution in [2.24, 2.45) is 0 Å². The Hall–Kier alpha value is 0.804. The van der Waals surface area contributed by atoms with Crippen LogP contribution in [0.5, 0.6) is 0 Å². The summed E-state index contributed by atoms with van der Waals surface area (Å²) in [4.78, 5) is 0. The van der Waals surface area contributed by atoms with E-state index in [1.54, 1.807) is 0 Å². The Morgan fingerprint density at radius 3 is 1.18 bits per heavy atom. The molecule has 0 saturated carbocycles. The molecule has 0 radical (unpaired) electrons. The maximum Gasteiger partial charge on any atom is 0.332 e. The van der Waals surface area contributed by atoms with Crippen LogP contribution in [0, 0.1) is 0 Å². The molecule has 0 N–H and O–H groups in total. The monoisotopic (exact) mass is 308 g/mol. The van der Waals surface area contributed by atoms with Crippen LogP contribution in [-0.2, 0) is 30.1 Å². The Bertz CT molecular complexity index is 115. The third-order valence-corrected chi connectivity index (χ3v) is 3.26. The van der Waals surface area contributed by atoms with E-state index in [1.807, 2.05) is 0 Å². The molecule has 0 aliphatic rings. The first-order valence-electron chi connectivity index (χ1n) is 6.54. The van der Waals surface area contributed by atoms with E-state index in [9.17, 15) is 0 Å². The fourth-order valence-electron chi connectivity index (χ4n) is 0.962. The van der Waals surface area contributed by atoms with Gasteiger partial charge < -0.3 is 13.6 Å². The predicted octanol–water partition coefficient (Wildman–Crippen LogP) is 4.66. The van der Waals surface area contributed by atoms with Gasteiger partial charge in [0, 0.05) is 16.5 Å². The number of hydrogen-bond donors (Lipinski definition) is 0. The van der Waals surface area contributed by atoms with Gasteiger partial charge in [0.1, 0.15) is 0 Å². The maximum atomic E-state index is 5.60. The predicted molar refractivity (Wildman–Crippen MR) is 69.5 cm³/mol. The minimum atomic E-state index is -1.10. The fourth-order valence-corrected chi connectivity index (χ4v) is 2.02. The molecule has 5 heteroatoms. The minimum absolute atomic E-state index is 0. The molecule has 0 fully saturated rings. The van der Waals surface area contributed by atoms with Gasteiger partial charge in [0.15, 0.2) is 0 Å². The summed E-state index contributed by atoms with van der Waals surface area (Å²) >= 11 is 0. The van der Waals surface area contributed by atoms with Gasteiger partial charge in [-0.1, -0.05) is 40.0 Å². The first-order valence-corrected chi connectivity index (χ1v) is 7.63. The second kappa shape index (κ2) is 16.8. The van der Waals surface area contributed by atoms with Gasteiger partial charge in [-0.2, -0.15) is 0 Å². The second-order valence-electron chi connectivity index (χ2n) is 3.78. The molecule has 0 saturated heterocycles. The van der Waals surface area contributed by atoms with E-state index in [4.69, 9.17) is 13.6 Å². The van der Waals surface area contributed by atoms with E-state index in [2.05, 4.69) is 20.8 Å². The fraction of sp³-hybridized carbons (Fsp3) is 1.00. The third-order valence-electron chi connectivity index (χ3n) is 2.08. The van der Waals surface area contributed by atoms with Gasteiger partial charge >= 0.3 is 8.60 Å². The topological polar surface area (TPSA) is 27.7 Å². The zero-order valence-corrected chi connectivity index (χ0v) is 13.2. The molecule has 0 rings (SSSR count). The van der Waals surface area contributed by atoms with Gasteiger partial charge in [0.05, 0.1) is 19.8 Å². The summed E-state index contributed by atoms with van der Waals surface area (Å²) < 4.78 is 16.8. The van der Waals surface area contributed by atoms with E-state index in [0.717, 1.165) is 58.3 Å². The van der Waals surface area contributed by atoms with Crippen LogP contribution in [0.3, 0.4) is 0 Å². The molecule has 0 unspecified atom stereocenters. The maximum absolute atomic E-state index is 5.60. The SMILES string of the molecule is CCCCOP(OCCCC)OCCCC.[Ni]. The van der Waals surface area contributed by atoms with Crippen LogP contribution in [0.15, 0.2) is 0 Å². The first kappa shape index (κ1) is 20.1. The summed E-state index contributed by atoms with van der Waals surface area (Å²) in [6.07, 6.45) is 6.67. The zero-order chi connectivity index (χ0) is 12.1. The smallest absolute Gasteiger partial charge is 0.312 e. The Balaban J connectivity index is 0. The quantitative estimate of drug-likeness (QED) is 0.298. The van der Waals surface area contributed by atoms with Crippen LogP contribution in [0.2, 0.25) is 0 Å². The van der Waals surface area contributed by atoms with Crippen molar-refractivity contribution in [1.82, 2.24) is 0 Å². The van der Waals surface area contributed by atoms with Gasteiger partial charge in [-0.05, 0) is 19.3 Å². The van der Waals surface area contributed by atoms with Crippen molar-refractivity contribution in [2.75, 3.05) is 19.8 Å². The molecule has 0 spiro atoms. The average Bonchev–Trinajstić information content (AvgIpc) is 2.29. The second-order valence-corrected chi connectivity index (χ2v) is 5.01. The molecular formula is C12H27NiO3P. The van der Waals surface area contributed by atoms with Crippen molar-refractivity contribution in [3.8, 4) is 0 Å². The Labute approximate surface area is 118 Å². The molecule has 0 bridgehead atoms. The molecular weight excluding hydrogens is 282 g/mol. The van der Waals surface area contributed by atoms with E-state index < -0.39 is 8.60 Å². The van der Waals surface area contributed by atoms with Crippen LogP contribution < -0.4 is 0 Å². The molecule has 0 atom stereocenters. The van der Waals surface area contributed by atoms with E-state index in [-0.39, 0.29) is 16.5 Å². The Morgan fingerprint density at radius 2 is 0.941 bits per heavy atom. The molecule has 0 heterocycles. The summed E-state index contributed by atoms with van der Waals surface area (Å²) in [6, 6.07) is 0. The molecule has 0 aromatic rings. The number of unbranched alkanes of at least 4 members (excludes halogenated alkanes) is 3. The standard InChI is InChI=1S/C12H27O3P.Ni/c1-4-7-10-13-16(14-11-8-5-2)15-12-9-6-3;/h4-12H2,1-3H3;. The summed E-state index contributed by atoms with van der Waals surface area (Å²) in [7, 11) is -1.10. The average molecular weight is 309 g/mol. The van der Waals surface area contributed by atoms with Crippen LogP contribution >= 0.6 is 8.60 Å². The van der Waals surface area contributed by atoms with Gasteiger partial charge in [-0.15, -0.1) is 0 Å². The van der Waals surface area contributed by atoms with Crippen molar-refractivity contribution in [3.63, 3.8) is 0 Å². The molecule has 17 heavy (non-hydrogen) atoms. The Morgan fingerprint density at radius 1 is 0.647 bits per heavy atom.